The summed E-state index contributed by atoms with van der Waals surface area (Å²) in [5, 5.41) is 0. The molecule has 1 rings (SSSR count). The first kappa shape index (κ1) is 25.4. The lowest BCUT2D eigenvalue weighted by molar-refractivity contribution is 0.0325. The van der Waals surface area contributed by atoms with Gasteiger partial charge in [-0.05, 0) is 59.7 Å². The van der Waals surface area contributed by atoms with Crippen LogP contribution in [0.5, 0.6) is 0 Å². The molecule has 0 aromatic heterocycles. The van der Waals surface area contributed by atoms with Crippen LogP contribution in [0.3, 0.4) is 0 Å². The molecule has 0 spiro atoms. The normalized spacial score (nSPS) is 35.0. The van der Waals surface area contributed by atoms with Gasteiger partial charge in [0.25, 0.3) is 0 Å². The van der Waals surface area contributed by atoms with Crippen molar-refractivity contribution in [2.75, 3.05) is 19.8 Å². The zero-order valence-electron chi connectivity index (χ0n) is 18.9. The molecule has 0 amide bonds. The summed E-state index contributed by atoms with van der Waals surface area (Å²) in [6.45, 7) is 21.0. The largest absolute Gasteiger partial charge is 0.413 e. The van der Waals surface area contributed by atoms with E-state index < -0.39 is 25.7 Å². The standard InChI is InChI=1S/C18H42O6Si3/c1-10-13-19-16(4)25(7)22-26(8,17(5)20-14-11-2)24-27(9,23-25)18(6)21-15-12-3/h16-18H,10-15H2,1-9H3. The summed E-state index contributed by atoms with van der Waals surface area (Å²) in [5.41, 5.74) is -0.217. The smallest absolute Gasteiger partial charge is 0.347 e. The van der Waals surface area contributed by atoms with Crippen LogP contribution in [-0.4, -0.2) is 62.7 Å². The Kier molecular flexibility index (Phi) is 10.3. The molecule has 0 aliphatic carbocycles. The van der Waals surface area contributed by atoms with Crippen molar-refractivity contribution >= 4 is 25.7 Å². The van der Waals surface area contributed by atoms with Crippen molar-refractivity contribution < 1.29 is 26.6 Å². The zero-order chi connectivity index (χ0) is 20.7. The highest BCUT2D eigenvalue weighted by molar-refractivity contribution is 6.94. The van der Waals surface area contributed by atoms with Gasteiger partial charge in [0, 0.05) is 19.8 Å². The first-order valence-corrected chi connectivity index (χ1v) is 17.7. The molecule has 0 aromatic carbocycles. The van der Waals surface area contributed by atoms with Gasteiger partial charge in [0.2, 0.25) is 0 Å². The van der Waals surface area contributed by atoms with Gasteiger partial charge in [-0.3, -0.25) is 0 Å². The van der Waals surface area contributed by atoms with Gasteiger partial charge in [0.05, 0.1) is 17.2 Å². The molecule has 1 aliphatic heterocycles. The van der Waals surface area contributed by atoms with Crippen LogP contribution in [0.15, 0.2) is 0 Å². The van der Waals surface area contributed by atoms with E-state index in [1.54, 1.807) is 0 Å². The summed E-state index contributed by atoms with van der Waals surface area (Å²) in [5.74, 6) is 0. The van der Waals surface area contributed by atoms with E-state index in [0.29, 0.717) is 19.8 Å². The summed E-state index contributed by atoms with van der Waals surface area (Å²) in [6.07, 6.45) is 2.92. The molecule has 1 aliphatic rings. The van der Waals surface area contributed by atoms with E-state index >= 15 is 0 Å². The van der Waals surface area contributed by atoms with Crippen molar-refractivity contribution in [1.82, 2.24) is 0 Å². The first-order chi connectivity index (χ1) is 12.6. The summed E-state index contributed by atoms with van der Waals surface area (Å²) in [6, 6.07) is 0. The maximum absolute atomic E-state index is 6.69. The molecule has 0 N–H and O–H groups in total. The van der Waals surface area contributed by atoms with E-state index in [-0.39, 0.29) is 17.2 Å². The van der Waals surface area contributed by atoms with Crippen LogP contribution in [-0.2, 0) is 26.6 Å². The Labute approximate surface area is 170 Å². The summed E-state index contributed by atoms with van der Waals surface area (Å²) >= 11 is 0. The Morgan fingerprint density at radius 1 is 0.556 bits per heavy atom. The van der Waals surface area contributed by atoms with E-state index in [0.717, 1.165) is 19.3 Å². The first-order valence-electron chi connectivity index (χ1n) is 10.5. The lowest BCUT2D eigenvalue weighted by Crippen LogP contribution is -2.76. The Morgan fingerprint density at radius 3 is 0.963 bits per heavy atom. The van der Waals surface area contributed by atoms with Crippen LogP contribution in [0.2, 0.25) is 19.6 Å². The predicted octanol–water partition coefficient (Wildman–Crippen LogP) is 4.33. The molecule has 9 heteroatoms. The fourth-order valence-corrected chi connectivity index (χ4v) is 19.6. The minimum absolute atomic E-state index is 0.0725. The summed E-state index contributed by atoms with van der Waals surface area (Å²) in [4.78, 5) is 0. The average Bonchev–Trinajstić information content (AvgIpc) is 2.60. The van der Waals surface area contributed by atoms with Crippen molar-refractivity contribution in [3.63, 3.8) is 0 Å². The molecule has 0 radical (unpaired) electrons. The van der Waals surface area contributed by atoms with Crippen LogP contribution in [0.4, 0.5) is 0 Å². The van der Waals surface area contributed by atoms with Crippen LogP contribution in [0, 0.1) is 0 Å². The molecule has 1 fully saturated rings. The Hall–Kier alpha value is 0.411. The van der Waals surface area contributed by atoms with Crippen molar-refractivity contribution in [2.45, 2.75) is 97.6 Å². The highest BCUT2D eigenvalue weighted by Gasteiger charge is 2.63. The quantitative estimate of drug-likeness (QED) is 0.423. The molecule has 0 bridgehead atoms. The Bertz CT molecular complexity index is 372. The fourth-order valence-electron chi connectivity index (χ4n) is 3.11. The maximum atomic E-state index is 6.69. The second-order valence-corrected chi connectivity index (χ2v) is 18.9. The van der Waals surface area contributed by atoms with Gasteiger partial charge in [-0.1, -0.05) is 20.8 Å². The summed E-state index contributed by atoms with van der Waals surface area (Å²) in [7, 11) is -7.91. The van der Waals surface area contributed by atoms with Gasteiger partial charge in [-0.2, -0.15) is 0 Å². The molecule has 162 valence electrons. The maximum Gasteiger partial charge on any atom is 0.347 e. The summed E-state index contributed by atoms with van der Waals surface area (Å²) < 4.78 is 38.3. The van der Waals surface area contributed by atoms with Gasteiger partial charge in [0.15, 0.2) is 0 Å². The third kappa shape index (κ3) is 6.72. The fraction of sp³-hybridized carbons (Fsp3) is 1.00. The van der Waals surface area contributed by atoms with Gasteiger partial charge in [-0.25, -0.2) is 0 Å². The third-order valence-electron chi connectivity index (χ3n) is 5.15. The van der Waals surface area contributed by atoms with Crippen molar-refractivity contribution in [1.29, 1.82) is 0 Å². The molecule has 1 saturated heterocycles. The van der Waals surface area contributed by atoms with Crippen LogP contribution in [0.1, 0.15) is 60.8 Å². The average molecular weight is 439 g/mol. The van der Waals surface area contributed by atoms with Crippen LogP contribution in [0.25, 0.3) is 0 Å². The molecule has 3 unspecified atom stereocenters. The molecule has 1 heterocycles. The van der Waals surface area contributed by atoms with Gasteiger partial charge in [0.1, 0.15) is 0 Å². The second-order valence-electron chi connectivity index (χ2n) is 7.89. The molecule has 0 saturated carbocycles. The van der Waals surface area contributed by atoms with E-state index in [1.807, 2.05) is 0 Å². The minimum atomic E-state index is -2.64. The Balaban J connectivity index is 3.14. The van der Waals surface area contributed by atoms with E-state index in [2.05, 4.69) is 61.2 Å². The highest BCUT2D eigenvalue weighted by Crippen LogP contribution is 2.37. The lowest BCUT2D eigenvalue weighted by Gasteiger charge is -2.54. The number of hydrogen-bond donors (Lipinski definition) is 0. The highest BCUT2D eigenvalue weighted by atomic mass is 28.5. The molecule has 6 nitrogen and oxygen atoms in total. The molecule has 0 aromatic rings. The predicted molar refractivity (Wildman–Crippen MR) is 115 cm³/mol. The SMILES string of the molecule is CCCOC(C)[Si]1(C)O[Si](C)(C(C)OCCC)O[Si](C)(C(C)OCCC)O1. The minimum Gasteiger partial charge on any atom is -0.413 e. The van der Waals surface area contributed by atoms with Gasteiger partial charge < -0.3 is 26.6 Å². The van der Waals surface area contributed by atoms with Crippen molar-refractivity contribution in [2.24, 2.45) is 0 Å². The van der Waals surface area contributed by atoms with Gasteiger partial charge in [-0.15, -0.1) is 0 Å². The third-order valence-corrected chi connectivity index (χ3v) is 19.8. The number of ether oxygens (including phenoxy) is 3. The molecular formula is C18H42O6Si3. The van der Waals surface area contributed by atoms with E-state index in [9.17, 15) is 0 Å². The second kappa shape index (κ2) is 11.0. The van der Waals surface area contributed by atoms with Crippen LogP contribution < -0.4 is 0 Å². The Morgan fingerprint density at radius 2 is 0.778 bits per heavy atom. The monoisotopic (exact) mass is 438 g/mol. The van der Waals surface area contributed by atoms with Crippen molar-refractivity contribution in [3.8, 4) is 0 Å². The van der Waals surface area contributed by atoms with Crippen molar-refractivity contribution in [3.05, 3.63) is 0 Å². The van der Waals surface area contributed by atoms with E-state index in [1.165, 1.54) is 0 Å². The topological polar surface area (TPSA) is 55.4 Å². The van der Waals surface area contributed by atoms with Gasteiger partial charge >= 0.3 is 25.7 Å². The van der Waals surface area contributed by atoms with Crippen LogP contribution >= 0.6 is 0 Å². The number of rotatable bonds is 12. The molecular weight excluding hydrogens is 396 g/mol. The van der Waals surface area contributed by atoms with E-state index in [4.69, 9.17) is 26.6 Å². The zero-order valence-corrected chi connectivity index (χ0v) is 21.9. The lowest BCUT2D eigenvalue weighted by atomic mass is 10.5. The number of hydrogen-bond acceptors (Lipinski definition) is 6. The molecule has 3 atom stereocenters. The molecule has 27 heavy (non-hydrogen) atoms.